The van der Waals surface area contributed by atoms with Crippen LogP contribution in [-0.4, -0.2) is 37.2 Å². The highest BCUT2D eigenvalue weighted by atomic mass is 16.6. The van der Waals surface area contributed by atoms with E-state index < -0.39 is 0 Å². The van der Waals surface area contributed by atoms with Crippen LogP contribution in [0.4, 0.5) is 4.79 Å². The van der Waals surface area contributed by atoms with Gasteiger partial charge in [-0.2, -0.15) is 0 Å². The van der Waals surface area contributed by atoms with Gasteiger partial charge >= 0.3 is 6.09 Å². The van der Waals surface area contributed by atoms with Crippen LogP contribution in [0.5, 0.6) is 0 Å². The fraction of sp³-hybridized carbons (Fsp3) is 0.353. The highest BCUT2D eigenvalue weighted by Crippen LogP contribution is 2.25. The first kappa shape index (κ1) is 14.7. The zero-order valence-electron chi connectivity index (χ0n) is 12.7. The Morgan fingerprint density at radius 3 is 2.73 bits per heavy atom. The zero-order chi connectivity index (χ0) is 15.4. The highest BCUT2D eigenvalue weighted by Gasteiger charge is 2.18. The first-order chi connectivity index (χ1) is 10.7. The maximum atomic E-state index is 12.0. The number of carbonyl (C=O) groups is 1. The van der Waals surface area contributed by atoms with Gasteiger partial charge in [0.2, 0.25) is 0 Å². The molecule has 1 aromatic carbocycles. The van der Waals surface area contributed by atoms with Gasteiger partial charge in [0, 0.05) is 37.3 Å². The molecule has 1 amide bonds. The number of benzene rings is 1. The van der Waals surface area contributed by atoms with E-state index in [0.29, 0.717) is 13.1 Å². The van der Waals surface area contributed by atoms with Gasteiger partial charge in [-0.1, -0.05) is 30.3 Å². The average Bonchev–Trinajstić information content (AvgIpc) is 2.95. The zero-order valence-corrected chi connectivity index (χ0v) is 12.7. The van der Waals surface area contributed by atoms with Gasteiger partial charge < -0.3 is 19.4 Å². The van der Waals surface area contributed by atoms with E-state index >= 15 is 0 Å². The van der Waals surface area contributed by atoms with Crippen molar-refractivity contribution >= 4 is 6.09 Å². The summed E-state index contributed by atoms with van der Waals surface area (Å²) >= 11 is 0. The van der Waals surface area contributed by atoms with Crippen LogP contribution in [0.25, 0.3) is 11.3 Å². The number of amides is 1. The van der Waals surface area contributed by atoms with Crippen molar-refractivity contribution in [3.63, 3.8) is 0 Å². The molecule has 116 valence electrons. The molecule has 2 heterocycles. The number of furan rings is 1. The molecule has 1 aromatic heterocycles. The molecule has 0 saturated carbocycles. The Hall–Kier alpha value is -2.27. The number of piperazine rings is 1. The van der Waals surface area contributed by atoms with Crippen LogP contribution in [0, 0.1) is 6.92 Å². The number of hydrogen-bond acceptors (Lipinski definition) is 4. The van der Waals surface area contributed by atoms with Crippen molar-refractivity contribution in [2.45, 2.75) is 13.5 Å². The molecule has 0 atom stereocenters. The monoisotopic (exact) mass is 300 g/mol. The molecule has 1 fully saturated rings. The van der Waals surface area contributed by atoms with E-state index in [1.165, 1.54) is 0 Å². The lowest BCUT2D eigenvalue weighted by Gasteiger charge is -2.26. The number of hydrogen-bond donors (Lipinski definition) is 1. The van der Waals surface area contributed by atoms with Crippen LogP contribution in [0.1, 0.15) is 11.3 Å². The van der Waals surface area contributed by atoms with E-state index in [2.05, 4.69) is 5.32 Å². The predicted octanol–water partition coefficient (Wildman–Crippen LogP) is 2.80. The van der Waals surface area contributed by atoms with Crippen molar-refractivity contribution in [2.24, 2.45) is 0 Å². The third-order valence-corrected chi connectivity index (χ3v) is 3.81. The molecule has 2 aromatic rings. The Bertz CT molecular complexity index is 631. The van der Waals surface area contributed by atoms with Crippen molar-refractivity contribution in [1.82, 2.24) is 10.2 Å². The van der Waals surface area contributed by atoms with Crippen molar-refractivity contribution in [3.05, 3.63) is 47.7 Å². The lowest BCUT2D eigenvalue weighted by molar-refractivity contribution is 0.0915. The normalized spacial score (nSPS) is 14.9. The van der Waals surface area contributed by atoms with Crippen molar-refractivity contribution < 1.29 is 13.9 Å². The number of ether oxygens (including phenoxy) is 1. The number of carbonyl (C=O) groups excluding carboxylic acids is 1. The summed E-state index contributed by atoms with van der Waals surface area (Å²) in [5, 5.41) is 3.21. The van der Waals surface area contributed by atoms with Gasteiger partial charge in [0.15, 0.2) is 0 Å². The molecule has 1 aliphatic heterocycles. The quantitative estimate of drug-likeness (QED) is 0.947. The molecule has 0 bridgehead atoms. The summed E-state index contributed by atoms with van der Waals surface area (Å²) in [7, 11) is 0. The van der Waals surface area contributed by atoms with Gasteiger partial charge in [-0.25, -0.2) is 4.79 Å². The summed E-state index contributed by atoms with van der Waals surface area (Å²) in [4.78, 5) is 13.7. The topological polar surface area (TPSA) is 54.7 Å². The van der Waals surface area contributed by atoms with Crippen LogP contribution < -0.4 is 5.32 Å². The molecule has 3 rings (SSSR count). The molecule has 0 spiro atoms. The Kier molecular flexibility index (Phi) is 4.44. The third-order valence-electron chi connectivity index (χ3n) is 3.81. The highest BCUT2D eigenvalue weighted by molar-refractivity contribution is 5.68. The Morgan fingerprint density at radius 2 is 2.00 bits per heavy atom. The second-order valence-electron chi connectivity index (χ2n) is 5.35. The van der Waals surface area contributed by atoms with Gasteiger partial charge in [0.05, 0.1) is 0 Å². The van der Waals surface area contributed by atoms with Crippen LogP contribution in [-0.2, 0) is 11.3 Å². The first-order valence-electron chi connectivity index (χ1n) is 7.51. The van der Waals surface area contributed by atoms with Crippen LogP contribution >= 0.6 is 0 Å². The van der Waals surface area contributed by atoms with Crippen LogP contribution in [0.2, 0.25) is 0 Å². The second-order valence-corrected chi connectivity index (χ2v) is 5.35. The van der Waals surface area contributed by atoms with E-state index in [4.69, 9.17) is 9.15 Å². The molecule has 0 aliphatic carbocycles. The average molecular weight is 300 g/mol. The van der Waals surface area contributed by atoms with Crippen molar-refractivity contribution in [1.29, 1.82) is 0 Å². The maximum Gasteiger partial charge on any atom is 0.410 e. The Morgan fingerprint density at radius 1 is 1.27 bits per heavy atom. The van der Waals surface area contributed by atoms with E-state index in [9.17, 15) is 4.79 Å². The van der Waals surface area contributed by atoms with E-state index in [-0.39, 0.29) is 12.7 Å². The van der Waals surface area contributed by atoms with E-state index in [1.54, 1.807) is 4.90 Å². The van der Waals surface area contributed by atoms with Gasteiger partial charge in [-0.3, -0.25) is 0 Å². The molecule has 0 radical (unpaired) electrons. The second kappa shape index (κ2) is 6.66. The molecular weight excluding hydrogens is 280 g/mol. The number of rotatable bonds is 3. The van der Waals surface area contributed by atoms with Gasteiger partial charge in [-0.15, -0.1) is 0 Å². The van der Waals surface area contributed by atoms with Gasteiger partial charge in [-0.05, 0) is 13.0 Å². The third kappa shape index (κ3) is 3.31. The predicted molar refractivity (Wildman–Crippen MR) is 83.5 cm³/mol. The lowest BCUT2D eigenvalue weighted by atomic mass is 10.1. The largest absolute Gasteiger partial charge is 0.461 e. The van der Waals surface area contributed by atoms with E-state index in [0.717, 1.165) is 35.7 Å². The van der Waals surface area contributed by atoms with Crippen LogP contribution in [0.3, 0.4) is 0 Å². The summed E-state index contributed by atoms with van der Waals surface area (Å²) in [6.07, 6.45) is -0.261. The number of aryl methyl sites for hydroxylation is 1. The maximum absolute atomic E-state index is 12.0. The Labute approximate surface area is 129 Å². The lowest BCUT2D eigenvalue weighted by Crippen LogP contribution is -2.46. The number of nitrogens with one attached hydrogen (secondary N) is 1. The SMILES string of the molecule is Cc1oc(-c2ccccc2)cc1COC(=O)N1CCNCC1. The molecule has 5 heteroatoms. The fourth-order valence-corrected chi connectivity index (χ4v) is 2.49. The van der Waals surface area contributed by atoms with Crippen LogP contribution in [0.15, 0.2) is 40.8 Å². The Balaban J connectivity index is 1.63. The first-order valence-corrected chi connectivity index (χ1v) is 7.51. The minimum absolute atomic E-state index is 0.241. The summed E-state index contributed by atoms with van der Waals surface area (Å²) in [6.45, 7) is 5.15. The molecular formula is C17H20N2O3. The number of nitrogens with zero attached hydrogens (tertiary/aromatic N) is 1. The van der Waals surface area contributed by atoms with Crippen molar-refractivity contribution in [2.75, 3.05) is 26.2 Å². The fourth-order valence-electron chi connectivity index (χ4n) is 2.49. The minimum Gasteiger partial charge on any atom is -0.461 e. The summed E-state index contributed by atoms with van der Waals surface area (Å²) in [6, 6.07) is 11.8. The molecule has 0 unspecified atom stereocenters. The van der Waals surface area contributed by atoms with Gasteiger partial charge in [0.1, 0.15) is 18.1 Å². The molecule has 22 heavy (non-hydrogen) atoms. The standard InChI is InChI=1S/C17H20N2O3/c1-13-15(11-16(22-13)14-5-3-2-4-6-14)12-21-17(20)19-9-7-18-8-10-19/h2-6,11,18H,7-10,12H2,1H3. The smallest absolute Gasteiger partial charge is 0.410 e. The van der Waals surface area contributed by atoms with Crippen molar-refractivity contribution in [3.8, 4) is 11.3 Å². The molecule has 1 saturated heterocycles. The molecule has 1 N–H and O–H groups in total. The minimum atomic E-state index is -0.261. The molecule has 5 nitrogen and oxygen atoms in total. The van der Waals surface area contributed by atoms with Gasteiger partial charge in [0.25, 0.3) is 0 Å². The summed E-state index contributed by atoms with van der Waals surface area (Å²) in [5.74, 6) is 1.58. The molecule has 1 aliphatic rings. The summed E-state index contributed by atoms with van der Waals surface area (Å²) in [5.41, 5.74) is 1.92. The van der Waals surface area contributed by atoms with E-state index in [1.807, 2.05) is 43.3 Å². The summed E-state index contributed by atoms with van der Waals surface area (Å²) < 4.78 is 11.2.